The van der Waals surface area contributed by atoms with Gasteiger partial charge in [-0.1, -0.05) is 39.3 Å². The van der Waals surface area contributed by atoms with Gasteiger partial charge in [-0.25, -0.2) is 4.98 Å². The van der Waals surface area contributed by atoms with E-state index in [9.17, 15) is 19.8 Å². The van der Waals surface area contributed by atoms with Crippen molar-refractivity contribution in [3.8, 4) is 0 Å². The van der Waals surface area contributed by atoms with Gasteiger partial charge in [0.25, 0.3) is 0 Å². The summed E-state index contributed by atoms with van der Waals surface area (Å²) < 4.78 is 11.1. The number of nitrogens with two attached hydrogens (primary N) is 1. The first-order chi connectivity index (χ1) is 16.4. The Kier molecular flexibility index (Phi) is 10.4. The first-order valence-corrected chi connectivity index (χ1v) is 12.4. The number of ether oxygens (including phenoxy) is 1. The molecular weight excluding hydrogens is 448 g/mol. The number of Topliss-reactive ketones (excluding diaryl/α,β-unsaturated/α-hetero) is 1. The van der Waals surface area contributed by atoms with Gasteiger partial charge < -0.3 is 25.1 Å². The van der Waals surface area contributed by atoms with E-state index in [0.29, 0.717) is 18.0 Å². The van der Waals surface area contributed by atoms with E-state index in [1.165, 1.54) is 6.26 Å². The second-order valence-corrected chi connectivity index (χ2v) is 10.5. The first-order valence-electron chi connectivity index (χ1n) is 12.4. The molecule has 8 nitrogen and oxygen atoms in total. The number of carbonyl (C=O) groups excluding carboxylic acids is 2. The Labute approximate surface area is 208 Å². The Morgan fingerprint density at radius 2 is 1.97 bits per heavy atom. The minimum absolute atomic E-state index is 0.0636. The molecule has 1 aliphatic heterocycles. The molecule has 5 unspecified atom stereocenters. The van der Waals surface area contributed by atoms with Crippen molar-refractivity contribution in [3.63, 3.8) is 0 Å². The third kappa shape index (κ3) is 7.85. The minimum Gasteiger partial charge on any atom is -0.457 e. The molecule has 1 aromatic heterocycles. The Morgan fingerprint density at radius 3 is 2.60 bits per heavy atom. The van der Waals surface area contributed by atoms with Crippen LogP contribution in [0.4, 0.5) is 0 Å². The molecule has 0 amide bonds. The Balaban J connectivity index is 2.33. The first kappa shape index (κ1) is 28.9. The fourth-order valence-electron chi connectivity index (χ4n) is 4.44. The fraction of sp³-hybridized carbons (Fsp3) is 0.667. The predicted octanol–water partition coefficient (Wildman–Crippen LogP) is 3.95. The molecule has 0 aromatic carbocycles. The smallest absolute Gasteiger partial charge is 0.309 e. The number of nitrogens with zero attached hydrogens (tertiary/aromatic N) is 1. The number of rotatable bonds is 3. The summed E-state index contributed by atoms with van der Waals surface area (Å²) in [5.41, 5.74) is 6.87. The summed E-state index contributed by atoms with van der Waals surface area (Å²) >= 11 is 0. The van der Waals surface area contributed by atoms with Crippen molar-refractivity contribution in [2.24, 2.45) is 23.0 Å². The number of esters is 1. The van der Waals surface area contributed by atoms with Crippen molar-refractivity contribution in [1.29, 1.82) is 0 Å². The van der Waals surface area contributed by atoms with Crippen LogP contribution in [0.3, 0.4) is 0 Å². The van der Waals surface area contributed by atoms with E-state index in [1.807, 2.05) is 20.8 Å². The van der Waals surface area contributed by atoms with Crippen LogP contribution < -0.4 is 5.73 Å². The average molecular weight is 491 g/mol. The molecule has 0 saturated heterocycles. The largest absolute Gasteiger partial charge is 0.457 e. The van der Waals surface area contributed by atoms with Crippen molar-refractivity contribution in [2.75, 3.05) is 0 Å². The summed E-state index contributed by atoms with van der Waals surface area (Å²) in [5.74, 6) is -1.17. The lowest BCUT2D eigenvalue weighted by molar-refractivity contribution is -0.154. The zero-order chi connectivity index (χ0) is 26.3. The van der Waals surface area contributed by atoms with Crippen molar-refractivity contribution < 1.29 is 29.0 Å². The van der Waals surface area contributed by atoms with Gasteiger partial charge in [0.1, 0.15) is 23.8 Å². The number of aliphatic hydroxyl groups excluding tert-OH is 2. The number of hydrogen-bond acceptors (Lipinski definition) is 8. The van der Waals surface area contributed by atoms with Crippen LogP contribution in [0.25, 0.3) is 6.08 Å². The quantitative estimate of drug-likeness (QED) is 0.428. The van der Waals surface area contributed by atoms with Crippen molar-refractivity contribution in [1.82, 2.24) is 4.98 Å². The number of oxazole rings is 1. The van der Waals surface area contributed by atoms with E-state index in [4.69, 9.17) is 14.9 Å². The monoisotopic (exact) mass is 490 g/mol. The van der Waals surface area contributed by atoms with Crippen LogP contribution in [0, 0.1) is 17.3 Å². The van der Waals surface area contributed by atoms with E-state index in [1.54, 1.807) is 26.8 Å². The van der Waals surface area contributed by atoms with Crippen LogP contribution in [-0.4, -0.2) is 45.3 Å². The molecule has 35 heavy (non-hydrogen) atoms. The molecule has 8 heteroatoms. The van der Waals surface area contributed by atoms with Gasteiger partial charge in [-0.3, -0.25) is 9.59 Å². The third-order valence-electron chi connectivity index (χ3n) is 7.15. The normalized spacial score (nSPS) is 31.5. The van der Waals surface area contributed by atoms with Crippen LogP contribution in [0.5, 0.6) is 0 Å². The number of allylic oxidation sites excluding steroid dienone is 1. The predicted molar refractivity (Wildman–Crippen MR) is 134 cm³/mol. The van der Waals surface area contributed by atoms with Crippen LogP contribution in [0.15, 0.2) is 27.9 Å². The van der Waals surface area contributed by atoms with Gasteiger partial charge in [0, 0.05) is 12.3 Å². The van der Waals surface area contributed by atoms with Gasteiger partial charge in [0.2, 0.25) is 5.89 Å². The van der Waals surface area contributed by atoms with E-state index in [0.717, 1.165) is 30.4 Å². The molecule has 0 radical (unpaired) electrons. The highest BCUT2D eigenvalue weighted by molar-refractivity contribution is 5.88. The molecule has 0 spiro atoms. The van der Waals surface area contributed by atoms with Gasteiger partial charge in [-0.2, -0.15) is 0 Å². The van der Waals surface area contributed by atoms with Crippen LogP contribution in [0.2, 0.25) is 0 Å². The van der Waals surface area contributed by atoms with E-state index in [2.05, 4.69) is 11.1 Å². The Morgan fingerprint density at radius 1 is 1.29 bits per heavy atom. The van der Waals surface area contributed by atoms with E-state index >= 15 is 0 Å². The van der Waals surface area contributed by atoms with Gasteiger partial charge in [0.15, 0.2) is 0 Å². The molecule has 2 heterocycles. The fourth-order valence-corrected chi connectivity index (χ4v) is 4.44. The van der Waals surface area contributed by atoms with E-state index in [-0.39, 0.29) is 24.7 Å². The summed E-state index contributed by atoms with van der Waals surface area (Å²) in [7, 11) is 0. The van der Waals surface area contributed by atoms with Crippen molar-refractivity contribution in [2.45, 2.75) is 98.5 Å². The SMILES string of the molecule is CC(=Cc1coc(CN)n1)C1C/C=C(/C)CCCC(C)C(O)C(C)C(=O)C(C)(C)C(O)CC(=O)O1. The molecule has 5 atom stereocenters. The average Bonchev–Trinajstić information content (AvgIpc) is 3.26. The third-order valence-corrected chi connectivity index (χ3v) is 7.15. The summed E-state index contributed by atoms with van der Waals surface area (Å²) in [6.45, 7) is 10.9. The molecule has 0 aliphatic carbocycles. The van der Waals surface area contributed by atoms with Crippen LogP contribution in [-0.2, 0) is 20.9 Å². The summed E-state index contributed by atoms with van der Waals surface area (Å²) in [5, 5.41) is 21.6. The van der Waals surface area contributed by atoms with Crippen LogP contribution >= 0.6 is 0 Å². The van der Waals surface area contributed by atoms with Gasteiger partial charge in [-0.15, -0.1) is 0 Å². The number of aliphatic hydroxyl groups is 2. The van der Waals surface area contributed by atoms with Crippen molar-refractivity contribution >= 4 is 17.8 Å². The zero-order valence-corrected chi connectivity index (χ0v) is 21.9. The lowest BCUT2D eigenvalue weighted by atomic mass is 9.73. The topological polar surface area (TPSA) is 136 Å². The molecule has 2 rings (SSSR count). The number of hydrogen-bond donors (Lipinski definition) is 3. The zero-order valence-electron chi connectivity index (χ0n) is 21.9. The summed E-state index contributed by atoms with van der Waals surface area (Å²) in [6.07, 6.45) is 5.35. The summed E-state index contributed by atoms with van der Waals surface area (Å²) in [4.78, 5) is 30.3. The molecule has 1 aromatic rings. The summed E-state index contributed by atoms with van der Waals surface area (Å²) in [6, 6.07) is 0. The highest BCUT2D eigenvalue weighted by Crippen LogP contribution is 2.32. The molecule has 196 valence electrons. The maximum atomic E-state index is 13.2. The molecule has 1 aliphatic rings. The maximum absolute atomic E-state index is 13.2. The lowest BCUT2D eigenvalue weighted by Crippen LogP contribution is -2.45. The molecular formula is C27H42N2O6. The lowest BCUT2D eigenvalue weighted by Gasteiger charge is -2.34. The highest BCUT2D eigenvalue weighted by Gasteiger charge is 2.42. The number of carbonyl (C=O) groups is 2. The number of aromatic nitrogens is 1. The van der Waals surface area contributed by atoms with Crippen molar-refractivity contribution in [3.05, 3.63) is 35.1 Å². The second-order valence-electron chi connectivity index (χ2n) is 10.5. The van der Waals surface area contributed by atoms with E-state index < -0.39 is 35.6 Å². The Hall–Kier alpha value is -2.29. The standard InChI is InChI=1S/C27H42N2O6/c1-16-8-7-9-17(2)25(32)19(4)26(33)27(5,6)22(30)13-24(31)35-21(11-10-16)18(3)12-20-15-34-23(14-28)29-20/h10,12,15,17,19,21-22,25,30,32H,7-9,11,13-14,28H2,1-6H3/b16-10-,18-12?. The molecule has 4 N–H and O–H groups in total. The highest BCUT2D eigenvalue weighted by atomic mass is 16.5. The Bertz CT molecular complexity index is 932. The number of ketones is 1. The van der Waals surface area contributed by atoms with Gasteiger partial charge >= 0.3 is 5.97 Å². The number of cyclic esters (lactones) is 1. The maximum Gasteiger partial charge on any atom is 0.309 e. The van der Waals surface area contributed by atoms with Gasteiger partial charge in [0.05, 0.1) is 30.6 Å². The minimum atomic E-state index is -1.25. The van der Waals surface area contributed by atoms with Crippen LogP contribution in [0.1, 0.15) is 85.2 Å². The second kappa shape index (κ2) is 12.6. The molecule has 0 saturated carbocycles. The molecule has 0 bridgehead atoms. The molecule has 0 fully saturated rings. The van der Waals surface area contributed by atoms with Gasteiger partial charge in [-0.05, 0) is 50.7 Å².